The van der Waals surface area contributed by atoms with Gasteiger partial charge in [0.05, 0.1) is 0 Å². The summed E-state index contributed by atoms with van der Waals surface area (Å²) in [6.45, 7) is 1.84. The number of tetrazole rings is 1. The number of carbonyl (C=O) groups is 1. The van der Waals surface area contributed by atoms with Crippen molar-refractivity contribution in [2.24, 2.45) is 0 Å². The minimum atomic E-state index is -0.577. The zero-order chi connectivity index (χ0) is 11.4. The van der Waals surface area contributed by atoms with Crippen molar-refractivity contribution in [3.8, 4) is 0 Å². The Kier molecular flexibility index (Phi) is 2.90. The Morgan fingerprint density at radius 1 is 1.38 bits per heavy atom. The minimum absolute atomic E-state index is 0.207. The van der Waals surface area contributed by atoms with Crippen molar-refractivity contribution in [3.05, 3.63) is 41.7 Å². The molecule has 0 aliphatic rings. The summed E-state index contributed by atoms with van der Waals surface area (Å²) in [5, 5.41) is 10.5. The van der Waals surface area contributed by atoms with Gasteiger partial charge in [0.1, 0.15) is 6.61 Å². The normalized spacial score (nSPS) is 10.1. The van der Waals surface area contributed by atoms with E-state index in [1.807, 2.05) is 30.3 Å². The second-order valence-electron chi connectivity index (χ2n) is 3.18. The van der Waals surface area contributed by atoms with Gasteiger partial charge in [-0.15, -0.1) is 9.78 Å². The molecule has 0 fully saturated rings. The monoisotopic (exact) mass is 218 g/mol. The summed E-state index contributed by atoms with van der Waals surface area (Å²) in [6, 6.07) is 9.41. The molecule has 6 nitrogen and oxygen atoms in total. The molecule has 0 aliphatic heterocycles. The number of aryl methyl sites for hydroxylation is 1. The molecule has 0 amide bonds. The van der Waals surface area contributed by atoms with Crippen LogP contribution in [0.5, 0.6) is 0 Å². The van der Waals surface area contributed by atoms with Crippen LogP contribution < -0.4 is 0 Å². The lowest BCUT2D eigenvalue weighted by molar-refractivity contribution is 0.136. The van der Waals surface area contributed by atoms with Gasteiger partial charge in [0, 0.05) is 0 Å². The Labute approximate surface area is 91.8 Å². The molecule has 2 rings (SSSR count). The highest BCUT2D eigenvalue weighted by Gasteiger charge is 2.11. The molecule has 0 aliphatic carbocycles. The van der Waals surface area contributed by atoms with Gasteiger partial charge in [-0.05, 0) is 22.9 Å². The van der Waals surface area contributed by atoms with Crippen LogP contribution in [-0.2, 0) is 11.3 Å². The zero-order valence-corrected chi connectivity index (χ0v) is 8.70. The Morgan fingerprint density at radius 3 is 2.75 bits per heavy atom. The van der Waals surface area contributed by atoms with Crippen molar-refractivity contribution >= 4 is 6.09 Å². The zero-order valence-electron chi connectivity index (χ0n) is 8.70. The molecule has 0 saturated heterocycles. The molecule has 0 bridgehead atoms. The highest BCUT2D eigenvalue weighted by molar-refractivity contribution is 5.69. The number of carbonyl (C=O) groups excluding carboxylic acids is 1. The Bertz CT molecular complexity index is 481. The maximum atomic E-state index is 11.5. The molecule has 16 heavy (non-hydrogen) atoms. The van der Waals surface area contributed by atoms with Crippen LogP contribution in [-0.4, -0.2) is 26.3 Å². The van der Waals surface area contributed by atoms with Gasteiger partial charge in [-0.3, -0.25) is 0 Å². The lowest BCUT2D eigenvalue weighted by Crippen LogP contribution is -2.16. The molecule has 0 saturated carbocycles. The third-order valence-corrected chi connectivity index (χ3v) is 2.00. The quantitative estimate of drug-likeness (QED) is 0.707. The van der Waals surface area contributed by atoms with Gasteiger partial charge >= 0.3 is 6.09 Å². The summed E-state index contributed by atoms with van der Waals surface area (Å²) in [4.78, 5) is 11.5. The van der Waals surface area contributed by atoms with Crippen LogP contribution in [0, 0.1) is 6.92 Å². The maximum absolute atomic E-state index is 11.5. The standard InChI is InChI=1S/C10H10N4O2/c1-8-11-12-13-14(8)10(15)16-7-9-5-3-2-4-6-9/h2-6H,7H2,1H3. The van der Waals surface area contributed by atoms with Crippen LogP contribution >= 0.6 is 0 Å². The van der Waals surface area contributed by atoms with Crippen molar-refractivity contribution in [1.29, 1.82) is 0 Å². The molecule has 1 heterocycles. The lowest BCUT2D eigenvalue weighted by Gasteiger charge is -2.03. The first-order valence-corrected chi connectivity index (χ1v) is 4.73. The summed E-state index contributed by atoms with van der Waals surface area (Å²) in [5.41, 5.74) is 0.918. The number of rotatable bonds is 2. The van der Waals surface area contributed by atoms with E-state index in [9.17, 15) is 4.79 Å². The number of nitrogens with zero attached hydrogens (tertiary/aromatic N) is 4. The van der Waals surface area contributed by atoms with E-state index in [0.29, 0.717) is 5.82 Å². The summed E-state index contributed by atoms with van der Waals surface area (Å²) in [7, 11) is 0. The molecule has 2 aromatic rings. The fourth-order valence-electron chi connectivity index (χ4n) is 1.18. The smallest absolute Gasteiger partial charge is 0.438 e. The molecule has 0 atom stereocenters. The second-order valence-corrected chi connectivity index (χ2v) is 3.18. The van der Waals surface area contributed by atoms with E-state index in [-0.39, 0.29) is 6.61 Å². The average Bonchev–Trinajstić information content (AvgIpc) is 2.74. The van der Waals surface area contributed by atoms with E-state index in [1.165, 1.54) is 0 Å². The SMILES string of the molecule is Cc1nnnn1C(=O)OCc1ccccc1. The van der Waals surface area contributed by atoms with Crippen molar-refractivity contribution in [3.63, 3.8) is 0 Å². The molecule has 0 spiro atoms. The fourth-order valence-corrected chi connectivity index (χ4v) is 1.18. The van der Waals surface area contributed by atoms with E-state index in [0.717, 1.165) is 10.2 Å². The molecule has 6 heteroatoms. The fraction of sp³-hybridized carbons (Fsp3) is 0.200. The molecular weight excluding hydrogens is 208 g/mol. The topological polar surface area (TPSA) is 69.9 Å². The van der Waals surface area contributed by atoms with Crippen molar-refractivity contribution in [2.75, 3.05) is 0 Å². The van der Waals surface area contributed by atoms with Crippen LogP contribution in [0.15, 0.2) is 30.3 Å². The summed E-state index contributed by atoms with van der Waals surface area (Å²) in [6.07, 6.45) is -0.577. The van der Waals surface area contributed by atoms with Crippen molar-refractivity contribution in [2.45, 2.75) is 13.5 Å². The van der Waals surface area contributed by atoms with E-state index in [2.05, 4.69) is 15.5 Å². The van der Waals surface area contributed by atoms with Crippen LogP contribution in [0.4, 0.5) is 4.79 Å². The van der Waals surface area contributed by atoms with Crippen LogP contribution in [0.2, 0.25) is 0 Å². The minimum Gasteiger partial charge on any atom is -0.443 e. The molecule has 1 aromatic heterocycles. The molecule has 0 unspecified atom stereocenters. The predicted molar refractivity (Wildman–Crippen MR) is 54.6 cm³/mol. The summed E-state index contributed by atoms with van der Waals surface area (Å²) < 4.78 is 6.05. The largest absolute Gasteiger partial charge is 0.443 e. The molecule has 0 N–H and O–H groups in total. The van der Waals surface area contributed by atoms with Crippen molar-refractivity contribution < 1.29 is 9.53 Å². The molecule has 1 aromatic carbocycles. The summed E-state index contributed by atoms with van der Waals surface area (Å²) in [5.74, 6) is 0.401. The molecular formula is C10H10N4O2. The Hall–Kier alpha value is -2.24. The van der Waals surface area contributed by atoms with Gasteiger partial charge in [0.2, 0.25) is 0 Å². The van der Waals surface area contributed by atoms with E-state index >= 15 is 0 Å². The molecule has 0 radical (unpaired) electrons. The highest BCUT2D eigenvalue weighted by Crippen LogP contribution is 2.02. The molecule has 82 valence electrons. The van der Waals surface area contributed by atoms with Gasteiger partial charge in [-0.25, -0.2) is 4.79 Å². The van der Waals surface area contributed by atoms with Gasteiger partial charge in [-0.2, -0.15) is 0 Å². The van der Waals surface area contributed by atoms with Crippen LogP contribution in [0.1, 0.15) is 11.4 Å². The predicted octanol–water partition coefficient (Wildman–Crippen LogP) is 1.17. The highest BCUT2D eigenvalue weighted by atomic mass is 16.6. The first kappa shape index (κ1) is 10.3. The maximum Gasteiger partial charge on any atom is 0.438 e. The van der Waals surface area contributed by atoms with Crippen LogP contribution in [0.3, 0.4) is 0 Å². The Morgan fingerprint density at radius 2 is 2.12 bits per heavy atom. The first-order chi connectivity index (χ1) is 7.77. The third kappa shape index (κ3) is 2.22. The lowest BCUT2D eigenvalue weighted by atomic mass is 10.2. The van der Waals surface area contributed by atoms with E-state index in [1.54, 1.807) is 6.92 Å². The van der Waals surface area contributed by atoms with Gasteiger partial charge in [0.25, 0.3) is 0 Å². The number of ether oxygens (including phenoxy) is 1. The number of hydrogen-bond donors (Lipinski definition) is 0. The first-order valence-electron chi connectivity index (χ1n) is 4.73. The van der Waals surface area contributed by atoms with Gasteiger partial charge in [0.15, 0.2) is 5.82 Å². The van der Waals surface area contributed by atoms with Gasteiger partial charge in [-0.1, -0.05) is 30.3 Å². The van der Waals surface area contributed by atoms with Crippen LogP contribution in [0.25, 0.3) is 0 Å². The van der Waals surface area contributed by atoms with E-state index < -0.39 is 6.09 Å². The number of benzene rings is 1. The number of hydrogen-bond acceptors (Lipinski definition) is 5. The van der Waals surface area contributed by atoms with Gasteiger partial charge < -0.3 is 4.74 Å². The Balaban J connectivity index is 1.97. The third-order valence-electron chi connectivity index (χ3n) is 2.00. The van der Waals surface area contributed by atoms with Crippen molar-refractivity contribution in [1.82, 2.24) is 20.2 Å². The average molecular weight is 218 g/mol. The number of aromatic nitrogens is 4. The van der Waals surface area contributed by atoms with E-state index in [4.69, 9.17) is 4.74 Å². The second kappa shape index (κ2) is 4.52. The summed E-state index contributed by atoms with van der Waals surface area (Å²) >= 11 is 0.